The van der Waals surface area contributed by atoms with E-state index in [1.54, 1.807) is 28.9 Å². The molecular weight excluding hydrogens is 386 g/mol. The topological polar surface area (TPSA) is 62.7 Å². The summed E-state index contributed by atoms with van der Waals surface area (Å²) in [5.41, 5.74) is 8.90. The van der Waals surface area contributed by atoms with Crippen molar-refractivity contribution in [1.29, 1.82) is 0 Å². The Balaban J connectivity index is 1.27. The van der Waals surface area contributed by atoms with E-state index in [1.807, 2.05) is 12.3 Å². The average molecular weight is 410 g/mol. The van der Waals surface area contributed by atoms with E-state index in [9.17, 15) is 8.78 Å². The lowest BCUT2D eigenvalue weighted by molar-refractivity contribution is 0.381. The van der Waals surface area contributed by atoms with Gasteiger partial charge in [-0.05, 0) is 54.6 Å². The Labute approximate surface area is 174 Å². The van der Waals surface area contributed by atoms with Gasteiger partial charge in [0.05, 0.1) is 11.4 Å². The molecule has 1 aliphatic heterocycles. The summed E-state index contributed by atoms with van der Waals surface area (Å²) in [5.74, 6) is 0.0393. The van der Waals surface area contributed by atoms with Crippen molar-refractivity contribution < 1.29 is 8.78 Å². The Morgan fingerprint density at radius 2 is 1.47 bits per heavy atom. The van der Waals surface area contributed by atoms with E-state index >= 15 is 0 Å². The number of anilines is 1. The maximum atomic E-state index is 13.1. The van der Waals surface area contributed by atoms with Crippen LogP contribution >= 0.6 is 0 Å². The van der Waals surface area contributed by atoms with Gasteiger partial charge < -0.3 is 15.5 Å². The molecule has 0 radical (unpaired) electrons. The normalized spacial score (nSPS) is 14.9. The molecule has 0 bridgehead atoms. The van der Waals surface area contributed by atoms with Crippen LogP contribution in [0.1, 0.15) is 5.69 Å². The van der Waals surface area contributed by atoms with Gasteiger partial charge in [0.2, 0.25) is 0 Å². The molecule has 6 nitrogen and oxygen atoms in total. The van der Waals surface area contributed by atoms with Crippen molar-refractivity contribution in [3.05, 3.63) is 78.1 Å². The molecule has 2 heterocycles. The Hall–Kier alpha value is -3.42. The standard InChI is InChI=1S/C22H24F2N6/c23-17-1-5-20(6-2-17)28-13-15-29(16-14-28)22(25)26-11-9-19-10-12-30(27-19)21-7-3-18(24)4-8-21/h1-8,10,12H,9,11,13-16H2,(H2,25,26). The first-order chi connectivity index (χ1) is 14.6. The fourth-order valence-corrected chi connectivity index (χ4v) is 3.46. The fraction of sp³-hybridized carbons (Fsp3) is 0.273. The maximum Gasteiger partial charge on any atom is 0.191 e. The van der Waals surface area contributed by atoms with Crippen LogP contribution in [0.3, 0.4) is 0 Å². The summed E-state index contributed by atoms with van der Waals surface area (Å²) in [6.45, 7) is 3.70. The van der Waals surface area contributed by atoms with Gasteiger partial charge in [-0.2, -0.15) is 5.10 Å². The molecule has 0 amide bonds. The molecule has 1 fully saturated rings. The summed E-state index contributed by atoms with van der Waals surface area (Å²) in [6.07, 6.45) is 2.52. The van der Waals surface area contributed by atoms with Crippen molar-refractivity contribution in [3.63, 3.8) is 0 Å². The van der Waals surface area contributed by atoms with Crippen LogP contribution in [0.4, 0.5) is 14.5 Å². The van der Waals surface area contributed by atoms with E-state index in [4.69, 9.17) is 5.73 Å². The lowest BCUT2D eigenvalue weighted by Gasteiger charge is -2.36. The van der Waals surface area contributed by atoms with Crippen LogP contribution in [-0.2, 0) is 6.42 Å². The predicted octanol–water partition coefficient (Wildman–Crippen LogP) is 2.83. The van der Waals surface area contributed by atoms with E-state index in [1.165, 1.54) is 24.3 Å². The number of hydrogen-bond acceptors (Lipinski definition) is 3. The third-order valence-corrected chi connectivity index (χ3v) is 5.17. The Morgan fingerprint density at radius 3 is 2.10 bits per heavy atom. The van der Waals surface area contributed by atoms with Gasteiger partial charge in [0.25, 0.3) is 0 Å². The molecule has 0 atom stereocenters. The van der Waals surface area contributed by atoms with E-state index in [0.29, 0.717) is 18.9 Å². The molecule has 0 spiro atoms. The molecule has 156 valence electrons. The molecule has 1 aliphatic rings. The van der Waals surface area contributed by atoms with Gasteiger partial charge in [-0.1, -0.05) is 0 Å². The molecule has 1 saturated heterocycles. The second-order valence-electron chi connectivity index (χ2n) is 7.17. The number of nitrogens with zero attached hydrogens (tertiary/aromatic N) is 5. The zero-order valence-corrected chi connectivity index (χ0v) is 16.6. The monoisotopic (exact) mass is 410 g/mol. The third kappa shape index (κ3) is 4.76. The summed E-state index contributed by atoms with van der Waals surface area (Å²) in [4.78, 5) is 8.78. The van der Waals surface area contributed by atoms with E-state index in [-0.39, 0.29) is 11.6 Å². The summed E-state index contributed by atoms with van der Waals surface area (Å²) < 4.78 is 27.9. The van der Waals surface area contributed by atoms with Gasteiger partial charge in [-0.25, -0.2) is 13.5 Å². The maximum absolute atomic E-state index is 13.1. The van der Waals surface area contributed by atoms with Crippen molar-refractivity contribution in [2.45, 2.75) is 6.42 Å². The molecule has 0 saturated carbocycles. The fourth-order valence-electron chi connectivity index (χ4n) is 3.46. The first-order valence-corrected chi connectivity index (χ1v) is 9.94. The summed E-state index contributed by atoms with van der Waals surface area (Å²) in [6, 6.07) is 14.7. The van der Waals surface area contributed by atoms with Crippen LogP contribution in [0, 0.1) is 11.6 Å². The number of guanidine groups is 1. The molecule has 2 N–H and O–H groups in total. The lowest BCUT2D eigenvalue weighted by Crippen LogP contribution is -2.51. The minimum Gasteiger partial charge on any atom is -0.370 e. The van der Waals surface area contributed by atoms with Crippen LogP contribution < -0.4 is 10.6 Å². The smallest absolute Gasteiger partial charge is 0.191 e. The molecule has 0 aliphatic carbocycles. The quantitative estimate of drug-likeness (QED) is 0.519. The van der Waals surface area contributed by atoms with Crippen molar-refractivity contribution in [3.8, 4) is 5.69 Å². The van der Waals surface area contributed by atoms with E-state index < -0.39 is 0 Å². The van der Waals surface area contributed by atoms with Crippen molar-refractivity contribution >= 4 is 11.6 Å². The second-order valence-corrected chi connectivity index (χ2v) is 7.17. The largest absolute Gasteiger partial charge is 0.370 e. The highest BCUT2D eigenvalue weighted by Crippen LogP contribution is 2.17. The summed E-state index contributed by atoms with van der Waals surface area (Å²) >= 11 is 0. The molecule has 0 unspecified atom stereocenters. The minimum atomic E-state index is -0.269. The van der Waals surface area contributed by atoms with Gasteiger partial charge in [0, 0.05) is 51.0 Å². The van der Waals surface area contributed by atoms with Gasteiger partial charge in [-0.15, -0.1) is 0 Å². The Bertz CT molecular complexity index is 989. The number of piperazine rings is 1. The number of rotatable bonds is 5. The molecule has 1 aromatic heterocycles. The highest BCUT2D eigenvalue weighted by Gasteiger charge is 2.18. The predicted molar refractivity (Wildman–Crippen MR) is 114 cm³/mol. The first-order valence-electron chi connectivity index (χ1n) is 9.94. The van der Waals surface area contributed by atoms with Crippen molar-refractivity contribution in [1.82, 2.24) is 14.7 Å². The SMILES string of the molecule is NC(=NCCc1ccn(-c2ccc(F)cc2)n1)N1CCN(c2ccc(F)cc2)CC1. The van der Waals surface area contributed by atoms with Crippen LogP contribution in [0.25, 0.3) is 5.69 Å². The first kappa shape index (κ1) is 19.9. The Morgan fingerprint density at radius 1 is 0.867 bits per heavy atom. The zero-order chi connectivity index (χ0) is 20.9. The number of nitrogens with two attached hydrogens (primary N) is 1. The zero-order valence-electron chi connectivity index (χ0n) is 16.6. The van der Waals surface area contributed by atoms with Crippen LogP contribution in [-0.4, -0.2) is 53.4 Å². The molecule has 8 heteroatoms. The lowest BCUT2D eigenvalue weighted by atomic mass is 10.2. The number of aromatic nitrogens is 2. The Kier molecular flexibility index (Phi) is 5.92. The minimum absolute atomic E-state index is 0.226. The average Bonchev–Trinajstić information content (AvgIpc) is 3.24. The van der Waals surface area contributed by atoms with Crippen molar-refractivity contribution in [2.24, 2.45) is 10.7 Å². The third-order valence-electron chi connectivity index (χ3n) is 5.17. The number of aliphatic imine (C=N–C) groups is 1. The molecule has 3 aromatic rings. The highest BCUT2D eigenvalue weighted by atomic mass is 19.1. The van der Waals surface area contributed by atoms with Crippen LogP contribution in [0.15, 0.2) is 65.8 Å². The molecular formula is C22H24F2N6. The number of hydrogen-bond donors (Lipinski definition) is 1. The molecule has 4 rings (SSSR count). The van der Waals surface area contributed by atoms with Gasteiger partial charge in [0.15, 0.2) is 5.96 Å². The van der Waals surface area contributed by atoms with Gasteiger partial charge >= 0.3 is 0 Å². The van der Waals surface area contributed by atoms with E-state index in [0.717, 1.165) is 43.2 Å². The molecule has 2 aromatic carbocycles. The van der Waals surface area contributed by atoms with Crippen molar-refractivity contribution in [2.75, 3.05) is 37.6 Å². The highest BCUT2D eigenvalue weighted by molar-refractivity contribution is 5.78. The number of benzene rings is 2. The van der Waals surface area contributed by atoms with E-state index in [2.05, 4.69) is 19.9 Å². The molecule has 30 heavy (non-hydrogen) atoms. The van der Waals surface area contributed by atoms with Gasteiger partial charge in [0.1, 0.15) is 11.6 Å². The van der Waals surface area contributed by atoms with Crippen LogP contribution in [0.5, 0.6) is 0 Å². The van der Waals surface area contributed by atoms with Crippen LogP contribution in [0.2, 0.25) is 0 Å². The number of halogens is 2. The summed E-state index contributed by atoms with van der Waals surface area (Å²) in [5, 5.41) is 4.51. The van der Waals surface area contributed by atoms with Gasteiger partial charge in [-0.3, -0.25) is 4.99 Å². The summed E-state index contributed by atoms with van der Waals surface area (Å²) in [7, 11) is 0. The second kappa shape index (κ2) is 8.94.